The molecule has 0 bridgehead atoms. The Morgan fingerprint density at radius 2 is 0.449 bits per heavy atom. The van der Waals surface area contributed by atoms with Gasteiger partial charge in [-0.15, -0.1) is 0 Å². The molecule has 0 rings (SSSR count). The number of ether oxygens (including phenoxy) is 2. The Balaban J connectivity index is 3.32. The first-order valence-electron chi connectivity index (χ1n) is 32.1. The van der Waals surface area contributed by atoms with Crippen LogP contribution in [0.5, 0.6) is 0 Å². The van der Waals surface area contributed by atoms with Gasteiger partial charge in [0.2, 0.25) is 0 Å². The van der Waals surface area contributed by atoms with Crippen LogP contribution < -0.4 is 0 Å². The molecule has 69 heavy (non-hydrogen) atoms. The van der Waals surface area contributed by atoms with Crippen LogP contribution in [0.4, 0.5) is 0 Å². The van der Waals surface area contributed by atoms with Gasteiger partial charge in [0.05, 0.1) is 6.61 Å². The van der Waals surface area contributed by atoms with Crippen LogP contribution in [0.3, 0.4) is 0 Å². The summed E-state index contributed by atoms with van der Waals surface area (Å²) in [6, 6.07) is 0. The van der Waals surface area contributed by atoms with Gasteiger partial charge in [0, 0.05) is 12.8 Å². The fraction of sp³-hybridized carbons (Fsp3) is 0.969. The molecule has 0 aliphatic carbocycles. The Labute approximate surface area is 433 Å². The summed E-state index contributed by atoms with van der Waals surface area (Å²) in [4.78, 5) is 24.5. The first-order valence-corrected chi connectivity index (χ1v) is 32.1. The number of carbonyl (C=O) groups excluding carboxylic acids is 2. The van der Waals surface area contributed by atoms with Crippen molar-refractivity contribution in [2.24, 2.45) is 0 Å². The first kappa shape index (κ1) is 67.9. The Morgan fingerprint density at radius 3 is 0.638 bits per heavy atom. The van der Waals surface area contributed by atoms with Crippen LogP contribution in [0.2, 0.25) is 0 Å². The molecule has 0 aliphatic rings. The molecule has 0 radical (unpaired) electrons. The third kappa shape index (κ3) is 59.4. The van der Waals surface area contributed by atoms with Gasteiger partial charge in [-0.3, -0.25) is 9.59 Å². The number of aliphatic hydroxyl groups is 1. The van der Waals surface area contributed by atoms with Crippen LogP contribution in [0.25, 0.3) is 0 Å². The van der Waals surface area contributed by atoms with Crippen LogP contribution in [0.1, 0.15) is 380 Å². The lowest BCUT2D eigenvalue weighted by Crippen LogP contribution is -2.28. The van der Waals surface area contributed by atoms with E-state index in [4.69, 9.17) is 9.47 Å². The van der Waals surface area contributed by atoms with Crippen molar-refractivity contribution < 1.29 is 24.2 Å². The number of carbonyl (C=O) groups is 2. The normalized spacial score (nSPS) is 12.0. The third-order valence-corrected chi connectivity index (χ3v) is 15.2. The minimum Gasteiger partial charge on any atom is -0.462 e. The van der Waals surface area contributed by atoms with E-state index in [-0.39, 0.29) is 25.2 Å². The van der Waals surface area contributed by atoms with Crippen LogP contribution in [0, 0.1) is 0 Å². The standard InChI is InChI=1S/C64H126O5/c1-3-5-7-9-11-13-15-17-19-21-22-23-24-25-26-27-28-29-30-31-32-33-34-35-36-37-38-39-40-41-42-43-45-47-49-51-53-55-57-59-64(67)69-62(60-65)61-68-63(66)58-56-54-52-50-48-46-44-20-18-16-14-12-10-8-6-4-2/h62,65H,3-61H2,1-2H3. The van der Waals surface area contributed by atoms with Crippen LogP contribution in [-0.4, -0.2) is 36.4 Å². The molecule has 1 unspecified atom stereocenters. The predicted octanol–water partition coefficient (Wildman–Crippen LogP) is 21.7. The zero-order valence-corrected chi connectivity index (χ0v) is 47.4. The number of hydrogen-bond acceptors (Lipinski definition) is 5. The summed E-state index contributed by atoms with van der Waals surface area (Å²) in [5, 5.41) is 9.65. The molecule has 1 atom stereocenters. The van der Waals surface area contributed by atoms with Gasteiger partial charge in [0.1, 0.15) is 6.61 Å². The Morgan fingerprint density at radius 1 is 0.275 bits per heavy atom. The average molecular weight is 976 g/mol. The molecule has 0 spiro atoms. The van der Waals surface area contributed by atoms with Crippen molar-refractivity contribution in [3.8, 4) is 0 Å². The maximum absolute atomic E-state index is 12.3. The number of hydrogen-bond donors (Lipinski definition) is 1. The van der Waals surface area contributed by atoms with Crippen molar-refractivity contribution in [1.29, 1.82) is 0 Å². The molecule has 0 amide bonds. The lowest BCUT2D eigenvalue weighted by Gasteiger charge is -2.15. The summed E-state index contributed by atoms with van der Waals surface area (Å²) in [6.45, 7) is 4.21. The van der Waals surface area contributed by atoms with Crippen LogP contribution in [0.15, 0.2) is 0 Å². The fourth-order valence-corrected chi connectivity index (χ4v) is 10.3. The molecular formula is C64H126O5. The zero-order chi connectivity index (χ0) is 49.9. The van der Waals surface area contributed by atoms with Crippen LogP contribution >= 0.6 is 0 Å². The number of unbranched alkanes of at least 4 members (excludes halogenated alkanes) is 53. The Hall–Kier alpha value is -1.10. The van der Waals surface area contributed by atoms with Gasteiger partial charge < -0.3 is 14.6 Å². The Kier molecular flexibility index (Phi) is 60.2. The van der Waals surface area contributed by atoms with Crippen molar-refractivity contribution in [2.45, 2.75) is 386 Å². The molecule has 0 saturated heterocycles. The van der Waals surface area contributed by atoms with E-state index in [1.165, 1.54) is 321 Å². The maximum Gasteiger partial charge on any atom is 0.306 e. The molecule has 0 aromatic heterocycles. The summed E-state index contributed by atoms with van der Waals surface area (Å²) in [5.74, 6) is -0.564. The van der Waals surface area contributed by atoms with Gasteiger partial charge in [-0.25, -0.2) is 0 Å². The number of esters is 2. The second-order valence-corrected chi connectivity index (χ2v) is 22.2. The molecule has 0 aliphatic heterocycles. The summed E-state index contributed by atoms with van der Waals surface area (Å²) >= 11 is 0. The highest BCUT2D eigenvalue weighted by Gasteiger charge is 2.16. The molecule has 1 N–H and O–H groups in total. The van der Waals surface area contributed by atoms with Crippen molar-refractivity contribution in [1.82, 2.24) is 0 Å². The van der Waals surface area contributed by atoms with E-state index in [0.717, 1.165) is 32.1 Å². The first-order chi connectivity index (χ1) is 34.1. The topological polar surface area (TPSA) is 72.8 Å². The van der Waals surface area contributed by atoms with E-state index in [2.05, 4.69) is 13.8 Å². The zero-order valence-electron chi connectivity index (χ0n) is 47.4. The molecule has 5 nitrogen and oxygen atoms in total. The van der Waals surface area contributed by atoms with E-state index in [1.807, 2.05) is 0 Å². The third-order valence-electron chi connectivity index (χ3n) is 15.2. The maximum atomic E-state index is 12.3. The van der Waals surface area contributed by atoms with Crippen LogP contribution in [-0.2, 0) is 19.1 Å². The van der Waals surface area contributed by atoms with E-state index < -0.39 is 6.10 Å². The van der Waals surface area contributed by atoms with Gasteiger partial charge >= 0.3 is 11.9 Å². The lowest BCUT2D eigenvalue weighted by atomic mass is 10.0. The summed E-state index contributed by atoms with van der Waals surface area (Å²) in [5.41, 5.74) is 0. The molecule has 0 fully saturated rings. The number of aliphatic hydroxyl groups excluding tert-OH is 1. The van der Waals surface area contributed by atoms with Gasteiger partial charge in [0.15, 0.2) is 6.10 Å². The predicted molar refractivity (Wildman–Crippen MR) is 302 cm³/mol. The second-order valence-electron chi connectivity index (χ2n) is 22.2. The van der Waals surface area contributed by atoms with E-state index >= 15 is 0 Å². The summed E-state index contributed by atoms with van der Waals surface area (Å²) < 4.78 is 10.7. The lowest BCUT2D eigenvalue weighted by molar-refractivity contribution is -0.161. The van der Waals surface area contributed by atoms with E-state index in [1.54, 1.807) is 0 Å². The van der Waals surface area contributed by atoms with Crippen molar-refractivity contribution >= 4 is 11.9 Å². The average Bonchev–Trinajstić information content (AvgIpc) is 3.35. The molecular weight excluding hydrogens is 849 g/mol. The Bertz CT molecular complexity index is 968. The molecule has 0 saturated carbocycles. The summed E-state index contributed by atoms with van der Waals surface area (Å²) in [7, 11) is 0. The minimum absolute atomic E-state index is 0.0559. The van der Waals surface area contributed by atoms with Crippen molar-refractivity contribution in [3.05, 3.63) is 0 Å². The van der Waals surface area contributed by atoms with E-state index in [0.29, 0.717) is 12.8 Å². The molecule has 412 valence electrons. The second kappa shape index (κ2) is 61.2. The highest BCUT2D eigenvalue weighted by molar-refractivity contribution is 5.70. The highest BCUT2D eigenvalue weighted by atomic mass is 16.6. The fourth-order valence-electron chi connectivity index (χ4n) is 10.3. The highest BCUT2D eigenvalue weighted by Crippen LogP contribution is 2.19. The smallest absolute Gasteiger partial charge is 0.306 e. The molecule has 0 aromatic carbocycles. The largest absolute Gasteiger partial charge is 0.462 e. The molecule has 5 heteroatoms. The van der Waals surface area contributed by atoms with E-state index in [9.17, 15) is 14.7 Å². The monoisotopic (exact) mass is 975 g/mol. The van der Waals surface area contributed by atoms with Gasteiger partial charge in [-0.2, -0.15) is 0 Å². The van der Waals surface area contributed by atoms with Gasteiger partial charge in [-0.05, 0) is 12.8 Å². The van der Waals surface area contributed by atoms with Crippen molar-refractivity contribution in [3.63, 3.8) is 0 Å². The number of rotatable bonds is 61. The minimum atomic E-state index is -0.764. The SMILES string of the molecule is CCCCCCCCCCCCCCCCCCCCCCCCCCCCCCCCCCCCCCCCCC(=O)OC(CO)COC(=O)CCCCCCCCCCCCCCCCCC. The quantitative estimate of drug-likeness (QED) is 0.0486. The van der Waals surface area contributed by atoms with Gasteiger partial charge in [0.25, 0.3) is 0 Å². The van der Waals surface area contributed by atoms with Gasteiger partial charge in [-0.1, -0.05) is 354 Å². The summed E-state index contributed by atoms with van der Waals surface area (Å²) in [6.07, 6.45) is 75.6. The molecule has 0 heterocycles. The molecule has 0 aromatic rings. The van der Waals surface area contributed by atoms with Crippen molar-refractivity contribution in [2.75, 3.05) is 13.2 Å².